The summed E-state index contributed by atoms with van der Waals surface area (Å²) in [5.74, 6) is 0.475. The lowest BCUT2D eigenvalue weighted by Gasteiger charge is -2.42. The van der Waals surface area contributed by atoms with E-state index in [2.05, 4.69) is 21.8 Å². The summed E-state index contributed by atoms with van der Waals surface area (Å²) >= 11 is 32.6. The van der Waals surface area contributed by atoms with Crippen LogP contribution in [-0.2, 0) is 0 Å². The van der Waals surface area contributed by atoms with Crippen molar-refractivity contribution in [2.75, 3.05) is 18.0 Å². The Balaban J connectivity index is 1.48. The normalized spacial score (nSPS) is 18.7. The molecule has 0 amide bonds. The molecule has 1 aliphatic rings. The van der Waals surface area contributed by atoms with Gasteiger partial charge in [-0.1, -0.05) is 64.1 Å². The van der Waals surface area contributed by atoms with Crippen molar-refractivity contribution < 1.29 is 0 Å². The second-order valence-corrected chi connectivity index (χ2v) is 10.8. The van der Waals surface area contributed by atoms with Crippen LogP contribution in [0, 0.1) is 5.92 Å². The van der Waals surface area contributed by atoms with Gasteiger partial charge in [0.2, 0.25) is 0 Å². The second-order valence-electron chi connectivity index (χ2n) is 7.78. The third-order valence-corrected chi connectivity index (χ3v) is 7.97. The van der Waals surface area contributed by atoms with Crippen molar-refractivity contribution in [1.29, 1.82) is 0 Å². The highest BCUT2D eigenvalue weighted by Gasteiger charge is 2.30. The molecule has 1 saturated heterocycles. The summed E-state index contributed by atoms with van der Waals surface area (Å²) in [6, 6.07) is 19.6. The van der Waals surface area contributed by atoms with E-state index in [9.17, 15) is 0 Å². The van der Waals surface area contributed by atoms with Crippen LogP contribution in [0.2, 0.25) is 25.1 Å². The standard InChI is InChI=1S/C24H21Cl5N2S/c25-16-2-5-18(6-3-16)31-14-15(13-30-32-19-7-9-21(27)23(29)12-19)1-10-24(31)20-8-4-17(26)11-22(20)28/h2-9,11-12,15,24,30H,1,10,13-14H2. The summed E-state index contributed by atoms with van der Waals surface area (Å²) < 4.78 is 3.50. The lowest BCUT2D eigenvalue weighted by atomic mass is 9.88. The highest BCUT2D eigenvalue weighted by atomic mass is 35.5. The lowest BCUT2D eigenvalue weighted by Crippen LogP contribution is -2.41. The van der Waals surface area contributed by atoms with Gasteiger partial charge in [0.15, 0.2) is 0 Å². The molecule has 1 fully saturated rings. The van der Waals surface area contributed by atoms with Gasteiger partial charge in [0.25, 0.3) is 0 Å². The van der Waals surface area contributed by atoms with E-state index in [1.165, 1.54) is 0 Å². The summed E-state index contributed by atoms with van der Waals surface area (Å²) in [7, 11) is 0. The van der Waals surface area contributed by atoms with Crippen LogP contribution >= 0.6 is 70.0 Å². The number of piperidine rings is 1. The van der Waals surface area contributed by atoms with Gasteiger partial charge in [-0.2, -0.15) is 0 Å². The molecule has 1 N–H and O–H groups in total. The van der Waals surface area contributed by atoms with Crippen LogP contribution < -0.4 is 9.62 Å². The summed E-state index contributed by atoms with van der Waals surface area (Å²) in [4.78, 5) is 3.46. The first-order chi connectivity index (χ1) is 15.4. The molecule has 32 heavy (non-hydrogen) atoms. The number of hydrogen-bond acceptors (Lipinski definition) is 3. The Labute approximate surface area is 218 Å². The second kappa shape index (κ2) is 11.1. The van der Waals surface area contributed by atoms with Crippen molar-refractivity contribution in [1.82, 2.24) is 4.72 Å². The van der Waals surface area contributed by atoms with Gasteiger partial charge in [0.05, 0.1) is 16.1 Å². The Morgan fingerprint density at radius 1 is 0.781 bits per heavy atom. The minimum Gasteiger partial charge on any atom is -0.364 e. The molecular weight excluding hydrogens is 526 g/mol. The van der Waals surface area contributed by atoms with Crippen LogP contribution in [0.5, 0.6) is 0 Å². The quantitative estimate of drug-likeness (QED) is 0.310. The molecule has 2 atom stereocenters. The van der Waals surface area contributed by atoms with Crippen LogP contribution in [0.1, 0.15) is 24.4 Å². The summed E-state index contributed by atoms with van der Waals surface area (Å²) in [6.45, 7) is 1.77. The van der Waals surface area contributed by atoms with E-state index in [0.717, 1.165) is 47.1 Å². The molecule has 1 aliphatic heterocycles. The van der Waals surface area contributed by atoms with E-state index in [4.69, 9.17) is 58.0 Å². The molecule has 3 aromatic rings. The monoisotopic (exact) mass is 544 g/mol. The fourth-order valence-corrected chi connectivity index (χ4v) is 5.83. The number of anilines is 1. The Hall–Kier alpha value is -0.780. The average molecular weight is 547 g/mol. The lowest BCUT2D eigenvalue weighted by molar-refractivity contribution is 0.361. The SMILES string of the molecule is Clc1ccc(N2CC(CNSc3ccc(Cl)c(Cl)c3)CCC2c2ccc(Cl)cc2Cl)cc1. The first kappa shape index (κ1) is 24.3. The number of hydrogen-bond donors (Lipinski definition) is 1. The van der Waals surface area contributed by atoms with E-state index < -0.39 is 0 Å². The summed E-state index contributed by atoms with van der Waals surface area (Å²) in [5, 5.41) is 3.20. The van der Waals surface area contributed by atoms with Gasteiger partial charge in [-0.25, -0.2) is 0 Å². The maximum absolute atomic E-state index is 6.58. The van der Waals surface area contributed by atoms with Gasteiger partial charge < -0.3 is 4.90 Å². The molecule has 8 heteroatoms. The molecule has 0 saturated carbocycles. The minimum absolute atomic E-state index is 0.180. The zero-order valence-corrected chi connectivity index (χ0v) is 21.6. The summed E-state index contributed by atoms with van der Waals surface area (Å²) in [5.41, 5.74) is 2.23. The van der Waals surface area contributed by atoms with Crippen LogP contribution in [0.25, 0.3) is 0 Å². The molecule has 168 valence electrons. The highest BCUT2D eigenvalue weighted by Crippen LogP contribution is 2.40. The summed E-state index contributed by atoms with van der Waals surface area (Å²) in [6.07, 6.45) is 2.08. The van der Waals surface area contributed by atoms with Gasteiger partial charge in [-0.05, 0) is 90.9 Å². The maximum atomic E-state index is 6.58. The smallest absolute Gasteiger partial charge is 0.0603 e. The predicted octanol–water partition coefficient (Wildman–Crippen LogP) is 9.21. The van der Waals surface area contributed by atoms with Crippen molar-refractivity contribution in [3.05, 3.63) is 91.3 Å². The first-order valence-electron chi connectivity index (χ1n) is 10.2. The van der Waals surface area contributed by atoms with Gasteiger partial charge >= 0.3 is 0 Å². The number of rotatable bonds is 6. The fraction of sp³-hybridized carbons (Fsp3) is 0.250. The minimum atomic E-state index is 0.180. The van der Waals surface area contributed by atoms with Crippen molar-refractivity contribution in [3.8, 4) is 0 Å². The van der Waals surface area contributed by atoms with Crippen molar-refractivity contribution in [3.63, 3.8) is 0 Å². The van der Waals surface area contributed by atoms with Gasteiger partial charge in [0.1, 0.15) is 0 Å². The third kappa shape index (κ3) is 6.01. The molecule has 0 aliphatic carbocycles. The average Bonchev–Trinajstić information content (AvgIpc) is 2.77. The van der Waals surface area contributed by atoms with E-state index in [0.29, 0.717) is 26.0 Å². The molecule has 0 bridgehead atoms. The van der Waals surface area contributed by atoms with Gasteiger partial charge in [0, 0.05) is 38.7 Å². The number of nitrogens with zero attached hydrogens (tertiary/aromatic N) is 1. The molecule has 1 heterocycles. The van der Waals surface area contributed by atoms with Crippen molar-refractivity contribution in [2.24, 2.45) is 5.92 Å². The molecular formula is C24H21Cl5N2S. The number of nitrogens with one attached hydrogen (secondary N) is 1. The van der Waals surface area contributed by atoms with Gasteiger partial charge in [-0.15, -0.1) is 0 Å². The van der Waals surface area contributed by atoms with Crippen molar-refractivity contribution in [2.45, 2.75) is 23.8 Å². The van der Waals surface area contributed by atoms with E-state index in [1.54, 1.807) is 11.9 Å². The highest BCUT2D eigenvalue weighted by molar-refractivity contribution is 7.97. The molecule has 3 aromatic carbocycles. The molecule has 2 unspecified atom stereocenters. The Kier molecular flexibility index (Phi) is 8.44. The fourth-order valence-electron chi connectivity index (χ4n) is 4.01. The van der Waals surface area contributed by atoms with Crippen LogP contribution in [0.4, 0.5) is 5.69 Å². The zero-order chi connectivity index (χ0) is 22.7. The maximum Gasteiger partial charge on any atom is 0.0603 e. The Bertz CT molecular complexity index is 1080. The van der Waals surface area contributed by atoms with Crippen LogP contribution in [0.3, 0.4) is 0 Å². The van der Waals surface area contributed by atoms with E-state index in [1.807, 2.05) is 48.5 Å². The van der Waals surface area contributed by atoms with E-state index >= 15 is 0 Å². The largest absolute Gasteiger partial charge is 0.364 e. The molecule has 0 aromatic heterocycles. The van der Waals surface area contributed by atoms with E-state index in [-0.39, 0.29) is 6.04 Å². The molecule has 4 rings (SSSR count). The Morgan fingerprint density at radius 2 is 1.53 bits per heavy atom. The first-order valence-corrected chi connectivity index (χ1v) is 12.9. The zero-order valence-electron chi connectivity index (χ0n) is 17.0. The predicted molar refractivity (Wildman–Crippen MR) is 141 cm³/mol. The van der Waals surface area contributed by atoms with Gasteiger partial charge in [-0.3, -0.25) is 4.72 Å². The topological polar surface area (TPSA) is 15.3 Å². The number of halogens is 5. The molecule has 2 nitrogen and oxygen atoms in total. The third-order valence-electron chi connectivity index (χ3n) is 5.61. The number of benzene rings is 3. The molecule has 0 spiro atoms. The van der Waals surface area contributed by atoms with Crippen molar-refractivity contribution >= 4 is 75.6 Å². The molecule has 0 radical (unpaired) electrons. The Morgan fingerprint density at radius 3 is 2.25 bits per heavy atom. The van der Waals surface area contributed by atoms with Crippen LogP contribution in [-0.4, -0.2) is 13.1 Å². The van der Waals surface area contributed by atoms with Crippen LogP contribution in [0.15, 0.2) is 65.6 Å².